The molecule has 1 N–H and O–H groups in total. The van der Waals surface area contributed by atoms with Crippen molar-refractivity contribution in [3.05, 3.63) is 0 Å². The highest BCUT2D eigenvalue weighted by Crippen LogP contribution is 2.39. The summed E-state index contributed by atoms with van der Waals surface area (Å²) in [5.74, 6) is -1.95. The van der Waals surface area contributed by atoms with Crippen LogP contribution in [0.2, 0.25) is 0 Å². The molecule has 3 heteroatoms. The average molecular weight is 242 g/mol. The first-order valence-electron chi connectivity index (χ1n) is 6.51. The van der Waals surface area contributed by atoms with Crippen LogP contribution in [0.25, 0.3) is 0 Å². The molecule has 0 aromatic carbocycles. The van der Waals surface area contributed by atoms with Gasteiger partial charge in [0.05, 0.1) is 0 Å². The molecule has 0 aromatic heterocycles. The van der Waals surface area contributed by atoms with E-state index in [1.54, 1.807) is 13.8 Å². The normalized spacial score (nSPS) is 14.1. The summed E-state index contributed by atoms with van der Waals surface area (Å²) >= 11 is 0. The van der Waals surface area contributed by atoms with Gasteiger partial charge in [-0.1, -0.05) is 41.5 Å². The second kappa shape index (κ2) is 6.18. The van der Waals surface area contributed by atoms with Crippen LogP contribution >= 0.6 is 0 Å². The Hall–Kier alpha value is -0.860. The van der Waals surface area contributed by atoms with E-state index in [-0.39, 0.29) is 17.6 Å². The van der Waals surface area contributed by atoms with Gasteiger partial charge in [0.2, 0.25) is 0 Å². The van der Waals surface area contributed by atoms with Crippen molar-refractivity contribution in [3.63, 3.8) is 0 Å². The minimum absolute atomic E-state index is 0.0972. The summed E-state index contributed by atoms with van der Waals surface area (Å²) in [4.78, 5) is 23.8. The lowest BCUT2D eigenvalue weighted by molar-refractivity contribution is -0.153. The summed E-state index contributed by atoms with van der Waals surface area (Å²) in [5.41, 5.74) is -0.493. The third-order valence-corrected chi connectivity index (χ3v) is 4.07. The van der Waals surface area contributed by atoms with Gasteiger partial charge >= 0.3 is 5.97 Å². The quantitative estimate of drug-likeness (QED) is 0.696. The fourth-order valence-electron chi connectivity index (χ4n) is 2.71. The van der Waals surface area contributed by atoms with Crippen LogP contribution in [0.4, 0.5) is 0 Å². The van der Waals surface area contributed by atoms with Crippen LogP contribution in [-0.4, -0.2) is 16.9 Å². The van der Waals surface area contributed by atoms with Crippen LogP contribution in [0, 0.1) is 23.2 Å². The number of carbonyl (C=O) groups is 2. The smallest absolute Gasteiger partial charge is 0.314 e. The molecule has 0 radical (unpaired) electrons. The van der Waals surface area contributed by atoms with Crippen molar-refractivity contribution in [2.75, 3.05) is 0 Å². The van der Waals surface area contributed by atoms with Crippen LogP contribution in [0.15, 0.2) is 0 Å². The highest BCUT2D eigenvalue weighted by Gasteiger charge is 2.45. The predicted octanol–water partition coefficient (Wildman–Crippen LogP) is 3.37. The fraction of sp³-hybridized carbons (Fsp3) is 0.857. The van der Waals surface area contributed by atoms with E-state index in [0.29, 0.717) is 12.8 Å². The molecule has 1 atom stereocenters. The Labute approximate surface area is 105 Å². The van der Waals surface area contributed by atoms with Gasteiger partial charge < -0.3 is 5.11 Å². The molecule has 0 saturated carbocycles. The minimum Gasteiger partial charge on any atom is -0.481 e. The Kier molecular flexibility index (Phi) is 5.86. The van der Waals surface area contributed by atoms with E-state index in [2.05, 4.69) is 0 Å². The number of aliphatic carboxylic acids is 1. The highest BCUT2D eigenvalue weighted by atomic mass is 16.4. The zero-order valence-electron chi connectivity index (χ0n) is 11.9. The van der Waals surface area contributed by atoms with Gasteiger partial charge in [-0.3, -0.25) is 9.59 Å². The molecule has 0 bridgehead atoms. The molecule has 0 saturated heterocycles. The lowest BCUT2D eigenvalue weighted by Gasteiger charge is -2.37. The zero-order chi connectivity index (χ0) is 13.8. The van der Waals surface area contributed by atoms with Gasteiger partial charge in [0.1, 0.15) is 5.92 Å². The summed E-state index contributed by atoms with van der Waals surface area (Å²) in [6, 6.07) is 0. The number of carboxylic acid groups (broad SMARTS) is 1. The van der Waals surface area contributed by atoms with E-state index in [4.69, 9.17) is 0 Å². The standard InChI is InChI=1S/C14H26O3/c1-7-14(8-2,10(5)6)12(15)11(9(3)4)13(16)17/h9-11H,7-8H2,1-6H3,(H,16,17). The van der Waals surface area contributed by atoms with Crippen molar-refractivity contribution in [2.45, 2.75) is 54.4 Å². The number of carboxylic acids is 1. The SMILES string of the molecule is CCC(CC)(C(=O)C(C(=O)O)C(C)C)C(C)C. The van der Waals surface area contributed by atoms with E-state index in [9.17, 15) is 14.7 Å². The lowest BCUT2D eigenvalue weighted by atomic mass is 9.65. The van der Waals surface area contributed by atoms with Gasteiger partial charge in [0, 0.05) is 5.41 Å². The maximum absolute atomic E-state index is 12.6. The van der Waals surface area contributed by atoms with Crippen LogP contribution in [0.1, 0.15) is 54.4 Å². The first kappa shape index (κ1) is 16.1. The van der Waals surface area contributed by atoms with E-state index >= 15 is 0 Å². The Bertz CT molecular complexity index is 275. The molecule has 1 unspecified atom stereocenters. The van der Waals surface area contributed by atoms with Gasteiger partial charge in [0.15, 0.2) is 5.78 Å². The van der Waals surface area contributed by atoms with Gasteiger partial charge in [-0.05, 0) is 24.7 Å². The largest absolute Gasteiger partial charge is 0.481 e. The molecule has 17 heavy (non-hydrogen) atoms. The van der Waals surface area contributed by atoms with Crippen molar-refractivity contribution in [3.8, 4) is 0 Å². The Morgan fingerprint density at radius 2 is 1.47 bits per heavy atom. The number of carbonyl (C=O) groups excluding carboxylic acids is 1. The number of Topliss-reactive ketones (excluding diaryl/α,β-unsaturated/α-hetero) is 1. The number of ketones is 1. The molecule has 0 aliphatic heterocycles. The van der Waals surface area contributed by atoms with E-state index in [1.807, 2.05) is 27.7 Å². The Morgan fingerprint density at radius 1 is 1.06 bits per heavy atom. The Balaban J connectivity index is 5.40. The third-order valence-electron chi connectivity index (χ3n) is 4.07. The van der Waals surface area contributed by atoms with Crippen LogP contribution < -0.4 is 0 Å². The lowest BCUT2D eigenvalue weighted by Crippen LogP contribution is -2.44. The summed E-state index contributed by atoms with van der Waals surface area (Å²) in [5, 5.41) is 9.23. The van der Waals surface area contributed by atoms with Crippen molar-refractivity contribution >= 4 is 11.8 Å². The van der Waals surface area contributed by atoms with E-state index < -0.39 is 17.3 Å². The van der Waals surface area contributed by atoms with Crippen LogP contribution in [0.3, 0.4) is 0 Å². The van der Waals surface area contributed by atoms with Crippen molar-refractivity contribution in [2.24, 2.45) is 23.2 Å². The first-order valence-corrected chi connectivity index (χ1v) is 6.51. The molecular formula is C14H26O3. The summed E-state index contributed by atoms with van der Waals surface area (Å²) in [6.07, 6.45) is 1.41. The van der Waals surface area contributed by atoms with E-state index in [1.165, 1.54) is 0 Å². The van der Waals surface area contributed by atoms with Crippen molar-refractivity contribution < 1.29 is 14.7 Å². The van der Waals surface area contributed by atoms with Crippen molar-refractivity contribution in [1.82, 2.24) is 0 Å². The maximum atomic E-state index is 12.6. The summed E-state index contributed by atoms with van der Waals surface area (Å²) < 4.78 is 0. The number of rotatable bonds is 7. The molecule has 0 aromatic rings. The van der Waals surface area contributed by atoms with Crippen molar-refractivity contribution in [1.29, 1.82) is 0 Å². The highest BCUT2D eigenvalue weighted by molar-refractivity contribution is 6.01. The molecule has 0 spiro atoms. The first-order chi connectivity index (χ1) is 7.74. The fourth-order valence-corrected chi connectivity index (χ4v) is 2.71. The van der Waals surface area contributed by atoms with Gasteiger partial charge in [-0.25, -0.2) is 0 Å². The second-order valence-electron chi connectivity index (χ2n) is 5.44. The molecular weight excluding hydrogens is 216 g/mol. The summed E-state index contributed by atoms with van der Waals surface area (Å²) in [7, 11) is 0. The van der Waals surface area contributed by atoms with Gasteiger partial charge in [-0.2, -0.15) is 0 Å². The summed E-state index contributed by atoms with van der Waals surface area (Å²) in [6.45, 7) is 11.6. The molecule has 0 aliphatic rings. The second-order valence-corrected chi connectivity index (χ2v) is 5.44. The van der Waals surface area contributed by atoms with Crippen LogP contribution in [0.5, 0.6) is 0 Å². The predicted molar refractivity (Wildman–Crippen MR) is 68.8 cm³/mol. The number of hydrogen-bond acceptors (Lipinski definition) is 2. The minimum atomic E-state index is -0.989. The zero-order valence-corrected chi connectivity index (χ0v) is 11.9. The maximum Gasteiger partial charge on any atom is 0.314 e. The molecule has 0 amide bonds. The van der Waals surface area contributed by atoms with Gasteiger partial charge in [0.25, 0.3) is 0 Å². The molecule has 100 valence electrons. The molecule has 0 aliphatic carbocycles. The van der Waals surface area contributed by atoms with E-state index in [0.717, 1.165) is 0 Å². The molecule has 3 nitrogen and oxygen atoms in total. The molecule has 0 heterocycles. The van der Waals surface area contributed by atoms with Crippen LogP contribution in [-0.2, 0) is 9.59 Å². The number of hydrogen-bond donors (Lipinski definition) is 1. The Morgan fingerprint density at radius 3 is 1.65 bits per heavy atom. The monoisotopic (exact) mass is 242 g/mol. The molecule has 0 fully saturated rings. The third kappa shape index (κ3) is 3.08. The average Bonchev–Trinajstić information content (AvgIpc) is 2.18. The topological polar surface area (TPSA) is 54.4 Å². The van der Waals surface area contributed by atoms with Gasteiger partial charge in [-0.15, -0.1) is 0 Å². The molecule has 0 rings (SSSR count).